The van der Waals surface area contributed by atoms with Crippen LogP contribution < -0.4 is 10.6 Å². The molecular weight excluding hydrogens is 462 g/mol. The van der Waals surface area contributed by atoms with E-state index in [1.54, 1.807) is 24.3 Å². The minimum absolute atomic E-state index is 0.00870. The number of nitrogens with one attached hydrogen (secondary N) is 2. The lowest BCUT2D eigenvalue weighted by Crippen LogP contribution is -2.39. The number of amides is 3. The lowest BCUT2D eigenvalue weighted by molar-refractivity contribution is -0.117. The van der Waals surface area contributed by atoms with Crippen LogP contribution in [0.1, 0.15) is 17.1 Å². The van der Waals surface area contributed by atoms with E-state index in [9.17, 15) is 9.59 Å². The highest BCUT2D eigenvalue weighted by molar-refractivity contribution is 7.99. The molecule has 4 rings (SSSR count). The summed E-state index contributed by atoms with van der Waals surface area (Å²) < 4.78 is 7.03. The van der Waals surface area contributed by atoms with Crippen LogP contribution in [-0.4, -0.2) is 32.5 Å². The summed E-state index contributed by atoms with van der Waals surface area (Å²) in [4.78, 5) is 24.2. The number of urea groups is 1. The van der Waals surface area contributed by atoms with Gasteiger partial charge in [0.15, 0.2) is 5.16 Å². The van der Waals surface area contributed by atoms with Crippen molar-refractivity contribution in [3.05, 3.63) is 95.2 Å². The highest BCUT2D eigenvalue weighted by atomic mass is 35.5. The molecule has 0 atom stereocenters. The first-order valence-electron chi connectivity index (χ1n) is 10.1. The lowest BCUT2D eigenvalue weighted by Gasteiger charge is -2.11. The molecule has 0 saturated heterocycles. The molecule has 0 aliphatic rings. The molecule has 4 aromatic rings. The standard InChI is InChI=1S/C23H20ClN5O3S/c24-17-8-10-18(11-9-17)29-20(13-16-5-2-1-3-6-16)27-28-23(29)33-15-21(30)26-22(31)25-14-19-7-4-12-32-19/h1-12H,13-15H2,(H2,25,26,30,31). The first-order valence-corrected chi connectivity index (χ1v) is 11.4. The number of halogens is 1. The van der Waals surface area contributed by atoms with Crippen LogP contribution in [0.5, 0.6) is 0 Å². The number of benzene rings is 2. The molecule has 0 fully saturated rings. The van der Waals surface area contributed by atoms with Gasteiger partial charge in [0.2, 0.25) is 5.91 Å². The molecule has 8 nitrogen and oxygen atoms in total. The van der Waals surface area contributed by atoms with Crippen molar-refractivity contribution in [2.75, 3.05) is 5.75 Å². The smallest absolute Gasteiger partial charge is 0.321 e. The number of thioether (sulfide) groups is 1. The van der Waals surface area contributed by atoms with E-state index >= 15 is 0 Å². The predicted octanol–water partition coefficient (Wildman–Crippen LogP) is 4.22. The van der Waals surface area contributed by atoms with Gasteiger partial charge in [-0.25, -0.2) is 4.79 Å². The summed E-state index contributed by atoms with van der Waals surface area (Å²) in [6, 6.07) is 20.1. The average molecular weight is 482 g/mol. The number of carbonyl (C=O) groups excluding carboxylic acids is 2. The summed E-state index contributed by atoms with van der Waals surface area (Å²) >= 11 is 7.24. The van der Waals surface area contributed by atoms with Gasteiger partial charge in [0.1, 0.15) is 11.6 Å². The SMILES string of the molecule is O=C(CSc1nnc(Cc2ccccc2)n1-c1ccc(Cl)cc1)NC(=O)NCc1ccco1. The summed E-state index contributed by atoms with van der Waals surface area (Å²) in [5.74, 6) is 0.856. The number of carbonyl (C=O) groups is 2. The number of furan rings is 1. The lowest BCUT2D eigenvalue weighted by atomic mass is 10.1. The van der Waals surface area contributed by atoms with E-state index in [1.807, 2.05) is 47.0 Å². The fourth-order valence-corrected chi connectivity index (χ4v) is 3.95. The van der Waals surface area contributed by atoms with Crippen molar-refractivity contribution < 1.29 is 14.0 Å². The van der Waals surface area contributed by atoms with E-state index in [0.29, 0.717) is 22.4 Å². The molecular formula is C23H20ClN5O3S. The Morgan fingerprint density at radius 1 is 1.00 bits per heavy atom. The first kappa shape index (κ1) is 22.6. The average Bonchev–Trinajstić information content (AvgIpc) is 3.48. The zero-order chi connectivity index (χ0) is 23.0. The van der Waals surface area contributed by atoms with Crippen molar-refractivity contribution in [3.8, 4) is 5.69 Å². The largest absolute Gasteiger partial charge is 0.467 e. The highest BCUT2D eigenvalue weighted by Crippen LogP contribution is 2.24. The molecule has 168 valence electrons. The van der Waals surface area contributed by atoms with Crippen LogP contribution in [0.15, 0.2) is 82.6 Å². The summed E-state index contributed by atoms with van der Waals surface area (Å²) in [5.41, 5.74) is 1.91. The maximum atomic E-state index is 12.3. The Balaban J connectivity index is 1.43. The third-order valence-corrected chi connectivity index (χ3v) is 5.76. The molecule has 2 heterocycles. The zero-order valence-electron chi connectivity index (χ0n) is 17.4. The number of hydrogen-bond donors (Lipinski definition) is 2. The monoisotopic (exact) mass is 481 g/mol. The van der Waals surface area contributed by atoms with Crippen molar-refractivity contribution in [3.63, 3.8) is 0 Å². The first-order chi connectivity index (χ1) is 16.1. The molecule has 0 aliphatic carbocycles. The third-order valence-electron chi connectivity index (χ3n) is 4.58. The van der Waals surface area contributed by atoms with Gasteiger partial charge in [-0.1, -0.05) is 53.7 Å². The Labute approximate surface area is 199 Å². The molecule has 10 heteroatoms. The van der Waals surface area contributed by atoms with Gasteiger partial charge >= 0.3 is 6.03 Å². The van der Waals surface area contributed by atoms with E-state index < -0.39 is 11.9 Å². The van der Waals surface area contributed by atoms with Gasteiger partial charge in [-0.05, 0) is 42.0 Å². The van der Waals surface area contributed by atoms with Crippen molar-refractivity contribution in [2.45, 2.75) is 18.1 Å². The Morgan fingerprint density at radius 2 is 1.79 bits per heavy atom. The second-order valence-corrected chi connectivity index (χ2v) is 8.35. The van der Waals surface area contributed by atoms with Crippen molar-refractivity contribution in [1.82, 2.24) is 25.4 Å². The predicted molar refractivity (Wildman–Crippen MR) is 125 cm³/mol. The van der Waals surface area contributed by atoms with Crippen LogP contribution in [0.3, 0.4) is 0 Å². The van der Waals surface area contributed by atoms with Gasteiger partial charge in [-0.2, -0.15) is 0 Å². The molecule has 0 spiro atoms. The van der Waals surface area contributed by atoms with E-state index in [1.165, 1.54) is 18.0 Å². The highest BCUT2D eigenvalue weighted by Gasteiger charge is 2.17. The minimum Gasteiger partial charge on any atom is -0.467 e. The second kappa shape index (κ2) is 10.8. The normalized spacial score (nSPS) is 10.7. The summed E-state index contributed by atoms with van der Waals surface area (Å²) in [5, 5.41) is 14.6. The number of rotatable bonds is 8. The van der Waals surface area contributed by atoms with Crippen molar-refractivity contribution >= 4 is 35.3 Å². The van der Waals surface area contributed by atoms with Crippen LogP contribution in [0.25, 0.3) is 5.69 Å². The quantitative estimate of drug-likeness (QED) is 0.365. The Hall–Kier alpha value is -3.56. The molecule has 0 aliphatic heterocycles. The van der Waals surface area contributed by atoms with Gasteiger partial charge in [-0.15, -0.1) is 10.2 Å². The number of hydrogen-bond acceptors (Lipinski definition) is 6. The Morgan fingerprint density at radius 3 is 2.52 bits per heavy atom. The number of nitrogens with zero attached hydrogens (tertiary/aromatic N) is 3. The van der Waals surface area contributed by atoms with Crippen LogP contribution in [0, 0.1) is 0 Å². The van der Waals surface area contributed by atoms with Crippen LogP contribution in [0.4, 0.5) is 4.79 Å². The van der Waals surface area contributed by atoms with Gasteiger partial charge in [0.05, 0.1) is 18.6 Å². The Kier molecular flexibility index (Phi) is 7.43. The van der Waals surface area contributed by atoms with E-state index in [2.05, 4.69) is 20.8 Å². The van der Waals surface area contributed by atoms with Gasteiger partial charge < -0.3 is 9.73 Å². The van der Waals surface area contributed by atoms with Crippen LogP contribution in [0.2, 0.25) is 5.02 Å². The van der Waals surface area contributed by atoms with Crippen molar-refractivity contribution in [2.24, 2.45) is 0 Å². The molecule has 2 aromatic heterocycles. The second-order valence-electron chi connectivity index (χ2n) is 6.97. The topological polar surface area (TPSA) is 102 Å². The third kappa shape index (κ3) is 6.24. The fourth-order valence-electron chi connectivity index (χ4n) is 3.05. The number of aromatic nitrogens is 3. The minimum atomic E-state index is -0.596. The molecule has 0 unspecified atom stereocenters. The summed E-state index contributed by atoms with van der Waals surface area (Å²) in [6.45, 7) is 0.187. The van der Waals surface area contributed by atoms with E-state index in [0.717, 1.165) is 17.1 Å². The summed E-state index contributed by atoms with van der Waals surface area (Å²) in [6.07, 6.45) is 2.08. The maximum absolute atomic E-state index is 12.3. The summed E-state index contributed by atoms with van der Waals surface area (Å²) in [7, 11) is 0. The van der Waals surface area contributed by atoms with Gasteiger partial charge in [0, 0.05) is 17.1 Å². The molecule has 2 N–H and O–H groups in total. The molecule has 2 aromatic carbocycles. The van der Waals surface area contributed by atoms with E-state index in [4.69, 9.17) is 16.0 Å². The Bertz CT molecular complexity index is 1210. The van der Waals surface area contributed by atoms with Crippen LogP contribution >= 0.6 is 23.4 Å². The van der Waals surface area contributed by atoms with Gasteiger partial charge in [0.25, 0.3) is 0 Å². The maximum Gasteiger partial charge on any atom is 0.321 e. The number of imide groups is 1. The van der Waals surface area contributed by atoms with Crippen molar-refractivity contribution in [1.29, 1.82) is 0 Å². The molecule has 3 amide bonds. The fraction of sp³-hybridized carbons (Fsp3) is 0.130. The van der Waals surface area contributed by atoms with E-state index in [-0.39, 0.29) is 12.3 Å². The molecule has 0 bridgehead atoms. The van der Waals surface area contributed by atoms with Crippen LogP contribution in [-0.2, 0) is 17.8 Å². The zero-order valence-corrected chi connectivity index (χ0v) is 19.0. The molecule has 33 heavy (non-hydrogen) atoms. The molecule has 0 saturated carbocycles. The molecule has 0 radical (unpaired) electrons. The van der Waals surface area contributed by atoms with Gasteiger partial charge in [-0.3, -0.25) is 14.7 Å².